The topological polar surface area (TPSA) is 38.5 Å². The largest absolute Gasteiger partial charge is 0.496 e. The van der Waals surface area contributed by atoms with Crippen LogP contribution in [-0.4, -0.2) is 24.6 Å². The van der Waals surface area contributed by atoms with Crippen molar-refractivity contribution in [3.05, 3.63) is 29.3 Å². The Balaban J connectivity index is 2.06. The van der Waals surface area contributed by atoms with E-state index in [1.807, 2.05) is 6.07 Å². The summed E-state index contributed by atoms with van der Waals surface area (Å²) >= 11 is 0. The molecule has 0 saturated heterocycles. The molecule has 1 aromatic carbocycles. The average Bonchev–Trinajstić information content (AvgIpc) is 2.53. The van der Waals surface area contributed by atoms with Gasteiger partial charge < -0.3 is 10.5 Å². The molecule has 1 fully saturated rings. The molecule has 0 bridgehead atoms. The number of nitrogens with zero attached hydrogens (tertiary/aromatic N) is 1. The van der Waals surface area contributed by atoms with E-state index in [0.29, 0.717) is 6.54 Å². The second kappa shape index (κ2) is 7.65. The van der Waals surface area contributed by atoms with E-state index in [-0.39, 0.29) is 0 Å². The highest BCUT2D eigenvalue weighted by Crippen LogP contribution is 2.25. The van der Waals surface area contributed by atoms with Crippen molar-refractivity contribution in [3.63, 3.8) is 0 Å². The summed E-state index contributed by atoms with van der Waals surface area (Å²) in [5, 5.41) is 0. The first kappa shape index (κ1) is 15.3. The summed E-state index contributed by atoms with van der Waals surface area (Å²) in [6, 6.07) is 7.18. The molecule has 3 nitrogen and oxygen atoms in total. The van der Waals surface area contributed by atoms with Crippen LogP contribution in [0.25, 0.3) is 0 Å². The molecule has 0 aliphatic heterocycles. The first-order chi connectivity index (χ1) is 9.78. The molecule has 112 valence electrons. The summed E-state index contributed by atoms with van der Waals surface area (Å²) in [5.41, 5.74) is 8.26. The van der Waals surface area contributed by atoms with E-state index in [2.05, 4.69) is 24.0 Å². The molecule has 2 rings (SSSR count). The monoisotopic (exact) mass is 276 g/mol. The molecular formula is C17H28N2O. The SMILES string of the molecule is CCN(Cc1ccc(OC)c(CN)c1)C1CCCCC1. The van der Waals surface area contributed by atoms with E-state index < -0.39 is 0 Å². The van der Waals surface area contributed by atoms with Crippen LogP contribution in [0.4, 0.5) is 0 Å². The minimum atomic E-state index is 0.534. The van der Waals surface area contributed by atoms with Crippen molar-refractivity contribution in [2.24, 2.45) is 5.73 Å². The van der Waals surface area contributed by atoms with E-state index in [1.165, 1.54) is 37.7 Å². The van der Waals surface area contributed by atoms with Gasteiger partial charge in [0.15, 0.2) is 0 Å². The van der Waals surface area contributed by atoms with Gasteiger partial charge >= 0.3 is 0 Å². The van der Waals surface area contributed by atoms with Crippen LogP contribution in [0.2, 0.25) is 0 Å². The fourth-order valence-electron chi connectivity index (χ4n) is 3.27. The first-order valence-corrected chi connectivity index (χ1v) is 7.88. The Kier molecular flexibility index (Phi) is 5.86. The third-order valence-electron chi connectivity index (χ3n) is 4.45. The van der Waals surface area contributed by atoms with Gasteiger partial charge in [-0.1, -0.05) is 32.3 Å². The lowest BCUT2D eigenvalue weighted by atomic mass is 9.94. The summed E-state index contributed by atoms with van der Waals surface area (Å²) in [6.07, 6.45) is 6.89. The predicted octanol–water partition coefficient (Wildman–Crippen LogP) is 3.31. The first-order valence-electron chi connectivity index (χ1n) is 7.88. The van der Waals surface area contributed by atoms with Gasteiger partial charge in [0.2, 0.25) is 0 Å². The molecule has 2 N–H and O–H groups in total. The molecule has 1 aromatic rings. The van der Waals surface area contributed by atoms with Crippen LogP contribution in [0.5, 0.6) is 5.75 Å². The molecule has 0 atom stereocenters. The molecular weight excluding hydrogens is 248 g/mol. The van der Waals surface area contributed by atoms with E-state index in [4.69, 9.17) is 10.5 Å². The second-order valence-electron chi connectivity index (χ2n) is 5.71. The maximum atomic E-state index is 5.81. The fourth-order valence-corrected chi connectivity index (χ4v) is 3.27. The number of nitrogens with two attached hydrogens (primary N) is 1. The van der Waals surface area contributed by atoms with Gasteiger partial charge in [0.05, 0.1) is 7.11 Å². The molecule has 3 heteroatoms. The van der Waals surface area contributed by atoms with Crippen LogP contribution < -0.4 is 10.5 Å². The standard InChI is InChI=1S/C17H28N2O/c1-3-19(16-7-5-4-6-8-16)13-14-9-10-17(20-2)15(11-14)12-18/h9-11,16H,3-8,12-13,18H2,1-2H3. The normalized spacial score (nSPS) is 16.6. The highest BCUT2D eigenvalue weighted by molar-refractivity contribution is 5.37. The second-order valence-corrected chi connectivity index (χ2v) is 5.71. The molecule has 1 saturated carbocycles. The van der Waals surface area contributed by atoms with Gasteiger partial charge in [0, 0.05) is 24.7 Å². The summed E-state index contributed by atoms with van der Waals surface area (Å²) in [5.74, 6) is 0.900. The van der Waals surface area contributed by atoms with Gasteiger partial charge in [-0.3, -0.25) is 4.90 Å². The van der Waals surface area contributed by atoms with Crippen LogP contribution in [0.3, 0.4) is 0 Å². The van der Waals surface area contributed by atoms with Crippen LogP contribution in [0.15, 0.2) is 18.2 Å². The Morgan fingerprint density at radius 1 is 1.25 bits per heavy atom. The average molecular weight is 276 g/mol. The van der Waals surface area contributed by atoms with Crippen molar-refractivity contribution >= 4 is 0 Å². The van der Waals surface area contributed by atoms with Crippen LogP contribution in [-0.2, 0) is 13.1 Å². The Labute approximate surface area is 123 Å². The van der Waals surface area contributed by atoms with E-state index in [1.54, 1.807) is 7.11 Å². The zero-order valence-corrected chi connectivity index (χ0v) is 12.9. The number of ether oxygens (including phenoxy) is 1. The molecule has 0 unspecified atom stereocenters. The maximum Gasteiger partial charge on any atom is 0.123 e. The zero-order chi connectivity index (χ0) is 14.4. The lowest BCUT2D eigenvalue weighted by molar-refractivity contribution is 0.156. The summed E-state index contributed by atoms with van der Waals surface area (Å²) in [6.45, 7) is 4.95. The molecule has 1 aliphatic carbocycles. The molecule has 0 heterocycles. The van der Waals surface area contributed by atoms with E-state index in [0.717, 1.165) is 30.4 Å². The maximum absolute atomic E-state index is 5.81. The number of benzene rings is 1. The number of hydrogen-bond acceptors (Lipinski definition) is 3. The van der Waals surface area contributed by atoms with Gasteiger partial charge in [0.25, 0.3) is 0 Å². The quantitative estimate of drug-likeness (QED) is 0.866. The van der Waals surface area contributed by atoms with Crippen molar-refractivity contribution in [2.45, 2.75) is 58.2 Å². The highest BCUT2D eigenvalue weighted by Gasteiger charge is 2.20. The van der Waals surface area contributed by atoms with Crippen LogP contribution in [0.1, 0.15) is 50.2 Å². The molecule has 1 aliphatic rings. The lowest BCUT2D eigenvalue weighted by Crippen LogP contribution is -2.36. The summed E-state index contributed by atoms with van der Waals surface area (Å²) in [7, 11) is 1.70. The molecule has 0 spiro atoms. The van der Waals surface area contributed by atoms with Crippen molar-refractivity contribution < 1.29 is 4.74 Å². The van der Waals surface area contributed by atoms with Crippen molar-refractivity contribution in [1.29, 1.82) is 0 Å². The van der Waals surface area contributed by atoms with Crippen LogP contribution in [0, 0.1) is 0 Å². The Morgan fingerprint density at radius 3 is 2.60 bits per heavy atom. The lowest BCUT2D eigenvalue weighted by Gasteiger charge is -2.33. The molecule has 0 amide bonds. The number of methoxy groups -OCH3 is 1. The number of rotatable bonds is 6. The summed E-state index contributed by atoms with van der Waals surface area (Å²) < 4.78 is 5.35. The van der Waals surface area contributed by atoms with Gasteiger partial charge in [0.1, 0.15) is 5.75 Å². The van der Waals surface area contributed by atoms with Crippen molar-refractivity contribution in [2.75, 3.05) is 13.7 Å². The minimum Gasteiger partial charge on any atom is -0.496 e. The smallest absolute Gasteiger partial charge is 0.123 e. The minimum absolute atomic E-state index is 0.534. The van der Waals surface area contributed by atoms with Gasteiger partial charge in [-0.15, -0.1) is 0 Å². The Hall–Kier alpha value is -1.06. The molecule has 0 aromatic heterocycles. The molecule has 20 heavy (non-hydrogen) atoms. The Morgan fingerprint density at radius 2 is 2.00 bits per heavy atom. The Bertz CT molecular complexity index is 413. The third kappa shape index (κ3) is 3.74. The number of hydrogen-bond donors (Lipinski definition) is 1. The third-order valence-corrected chi connectivity index (χ3v) is 4.45. The molecule has 0 radical (unpaired) electrons. The van der Waals surface area contributed by atoms with Gasteiger partial charge in [-0.05, 0) is 37.1 Å². The van der Waals surface area contributed by atoms with Gasteiger partial charge in [-0.2, -0.15) is 0 Å². The zero-order valence-electron chi connectivity index (χ0n) is 12.9. The highest BCUT2D eigenvalue weighted by atomic mass is 16.5. The van der Waals surface area contributed by atoms with Crippen molar-refractivity contribution in [3.8, 4) is 5.75 Å². The van der Waals surface area contributed by atoms with E-state index >= 15 is 0 Å². The predicted molar refractivity (Wildman–Crippen MR) is 83.8 cm³/mol. The van der Waals surface area contributed by atoms with Gasteiger partial charge in [-0.25, -0.2) is 0 Å². The van der Waals surface area contributed by atoms with Crippen LogP contribution >= 0.6 is 0 Å². The van der Waals surface area contributed by atoms with E-state index in [9.17, 15) is 0 Å². The summed E-state index contributed by atoms with van der Waals surface area (Å²) in [4.78, 5) is 2.61. The fraction of sp³-hybridized carbons (Fsp3) is 0.647. The van der Waals surface area contributed by atoms with Crippen molar-refractivity contribution in [1.82, 2.24) is 4.90 Å².